The normalized spacial score (nSPS) is 11.0. The van der Waals surface area contributed by atoms with Crippen molar-refractivity contribution < 1.29 is 9.47 Å². The van der Waals surface area contributed by atoms with Crippen LogP contribution in [-0.4, -0.2) is 22.3 Å². The predicted octanol–water partition coefficient (Wildman–Crippen LogP) is 5.10. The van der Waals surface area contributed by atoms with Crippen LogP contribution in [0.2, 0.25) is 5.15 Å². The van der Waals surface area contributed by atoms with Crippen LogP contribution in [0.15, 0.2) is 54.6 Å². The second-order valence-corrected chi connectivity index (χ2v) is 6.93. The fraction of sp³-hybridized carbons (Fsp3) is 0.182. The quantitative estimate of drug-likeness (QED) is 0.495. The van der Waals surface area contributed by atoms with Crippen molar-refractivity contribution in [2.24, 2.45) is 0 Å². The summed E-state index contributed by atoms with van der Waals surface area (Å²) in [5.41, 5.74) is 5.10. The molecule has 0 unspecified atom stereocenters. The number of methoxy groups -OCH3 is 1. The van der Waals surface area contributed by atoms with Crippen LogP contribution in [0.5, 0.6) is 11.6 Å². The SMILES string of the molecule is COc1ccc(Cc2c(C)[nH]c3c(OCc4ccccc4)nnc(Cl)c23)cc1. The van der Waals surface area contributed by atoms with Gasteiger partial charge in [0.15, 0.2) is 5.15 Å². The van der Waals surface area contributed by atoms with Crippen molar-refractivity contribution in [1.29, 1.82) is 0 Å². The van der Waals surface area contributed by atoms with Gasteiger partial charge in [-0.25, -0.2) is 0 Å². The van der Waals surface area contributed by atoms with Crippen molar-refractivity contribution in [3.63, 3.8) is 0 Å². The number of nitrogens with one attached hydrogen (secondary N) is 1. The Balaban J connectivity index is 1.67. The zero-order valence-electron chi connectivity index (χ0n) is 15.7. The molecule has 0 bridgehead atoms. The summed E-state index contributed by atoms with van der Waals surface area (Å²) in [6.07, 6.45) is 0.722. The summed E-state index contributed by atoms with van der Waals surface area (Å²) in [4.78, 5) is 3.38. The molecule has 2 aromatic heterocycles. The lowest BCUT2D eigenvalue weighted by Crippen LogP contribution is -1.99. The van der Waals surface area contributed by atoms with E-state index in [1.54, 1.807) is 7.11 Å². The molecule has 6 heteroatoms. The molecule has 5 nitrogen and oxygen atoms in total. The highest BCUT2D eigenvalue weighted by Gasteiger charge is 2.18. The number of halogens is 1. The number of ether oxygens (including phenoxy) is 2. The fourth-order valence-electron chi connectivity index (χ4n) is 3.24. The van der Waals surface area contributed by atoms with Crippen LogP contribution >= 0.6 is 11.6 Å². The Kier molecular flexibility index (Phi) is 5.17. The van der Waals surface area contributed by atoms with Gasteiger partial charge in [0.1, 0.15) is 17.9 Å². The minimum atomic E-state index is 0.370. The molecule has 2 aromatic carbocycles. The Morgan fingerprint density at radius 2 is 1.71 bits per heavy atom. The highest BCUT2D eigenvalue weighted by molar-refractivity contribution is 6.34. The molecule has 4 rings (SSSR count). The number of H-pyrrole nitrogens is 1. The number of nitrogens with zero attached hydrogens (tertiary/aromatic N) is 2. The maximum absolute atomic E-state index is 6.41. The van der Waals surface area contributed by atoms with E-state index in [4.69, 9.17) is 21.1 Å². The third-order valence-electron chi connectivity index (χ3n) is 4.72. The number of aromatic nitrogens is 3. The van der Waals surface area contributed by atoms with E-state index in [0.717, 1.165) is 45.5 Å². The number of fused-ring (bicyclic) bond motifs is 1. The molecule has 0 atom stereocenters. The summed E-state index contributed by atoms with van der Waals surface area (Å²) >= 11 is 6.41. The topological polar surface area (TPSA) is 60.0 Å². The first-order valence-electron chi connectivity index (χ1n) is 8.98. The van der Waals surface area contributed by atoms with Gasteiger partial charge in [0.05, 0.1) is 7.11 Å². The first-order chi connectivity index (χ1) is 13.7. The minimum absolute atomic E-state index is 0.370. The number of aromatic amines is 1. The fourth-order valence-corrected chi connectivity index (χ4v) is 3.48. The predicted molar refractivity (Wildman–Crippen MR) is 110 cm³/mol. The second-order valence-electron chi connectivity index (χ2n) is 6.57. The Morgan fingerprint density at radius 3 is 2.43 bits per heavy atom. The Morgan fingerprint density at radius 1 is 0.964 bits per heavy atom. The van der Waals surface area contributed by atoms with Gasteiger partial charge in [0.2, 0.25) is 0 Å². The van der Waals surface area contributed by atoms with Crippen LogP contribution in [0, 0.1) is 6.92 Å². The van der Waals surface area contributed by atoms with Crippen LogP contribution in [0.3, 0.4) is 0 Å². The average molecular weight is 394 g/mol. The lowest BCUT2D eigenvalue weighted by molar-refractivity contribution is 0.294. The van der Waals surface area contributed by atoms with Crippen LogP contribution in [-0.2, 0) is 13.0 Å². The molecule has 0 aliphatic heterocycles. The summed E-state index contributed by atoms with van der Waals surface area (Å²) in [5, 5.41) is 9.49. The molecule has 0 spiro atoms. The Bertz CT molecular complexity index is 1090. The van der Waals surface area contributed by atoms with E-state index in [1.807, 2.05) is 61.5 Å². The molecule has 2 heterocycles. The number of aryl methyl sites for hydroxylation is 1. The standard InChI is InChI=1S/C22H20ClN3O2/c1-14-18(12-15-8-10-17(27-2)11-9-15)19-20(24-14)22(26-25-21(19)23)28-13-16-6-4-3-5-7-16/h3-11,24H,12-13H2,1-2H3. The van der Waals surface area contributed by atoms with E-state index in [1.165, 1.54) is 0 Å². The van der Waals surface area contributed by atoms with Crippen LogP contribution in [0.4, 0.5) is 0 Å². The van der Waals surface area contributed by atoms with E-state index in [2.05, 4.69) is 15.2 Å². The molecule has 1 N–H and O–H groups in total. The number of hydrogen-bond acceptors (Lipinski definition) is 4. The van der Waals surface area contributed by atoms with Crippen LogP contribution in [0.25, 0.3) is 10.9 Å². The van der Waals surface area contributed by atoms with E-state index in [9.17, 15) is 0 Å². The number of benzene rings is 2. The van der Waals surface area contributed by atoms with E-state index in [0.29, 0.717) is 17.6 Å². The lowest BCUT2D eigenvalue weighted by Gasteiger charge is -2.07. The molecule has 0 fully saturated rings. The summed E-state index contributed by atoms with van der Waals surface area (Å²) < 4.78 is 11.2. The minimum Gasteiger partial charge on any atom is -0.497 e. The molecule has 4 aromatic rings. The smallest absolute Gasteiger partial charge is 0.258 e. The van der Waals surface area contributed by atoms with Gasteiger partial charge in [0, 0.05) is 11.1 Å². The first kappa shape index (κ1) is 18.3. The summed E-state index contributed by atoms with van der Waals surface area (Å²) in [7, 11) is 1.66. The lowest BCUT2D eigenvalue weighted by atomic mass is 10.0. The Labute approximate surface area is 168 Å². The van der Waals surface area contributed by atoms with E-state index < -0.39 is 0 Å². The van der Waals surface area contributed by atoms with Crippen LogP contribution in [0.1, 0.15) is 22.4 Å². The van der Waals surface area contributed by atoms with Crippen molar-refractivity contribution in [2.45, 2.75) is 20.0 Å². The zero-order valence-corrected chi connectivity index (χ0v) is 16.5. The molecule has 0 amide bonds. The monoisotopic (exact) mass is 393 g/mol. The molecule has 28 heavy (non-hydrogen) atoms. The van der Waals surface area contributed by atoms with Gasteiger partial charge in [-0.1, -0.05) is 54.1 Å². The van der Waals surface area contributed by atoms with Gasteiger partial charge in [-0.05, 0) is 42.2 Å². The molecule has 0 saturated heterocycles. The Hall–Kier alpha value is -3.05. The zero-order chi connectivity index (χ0) is 19.5. The molecule has 0 radical (unpaired) electrons. The van der Waals surface area contributed by atoms with Gasteiger partial charge in [-0.2, -0.15) is 0 Å². The molecular formula is C22H20ClN3O2. The second kappa shape index (κ2) is 7.90. The number of rotatable bonds is 6. The highest BCUT2D eigenvalue weighted by atomic mass is 35.5. The van der Waals surface area contributed by atoms with Crippen molar-refractivity contribution in [3.05, 3.63) is 82.1 Å². The van der Waals surface area contributed by atoms with Gasteiger partial charge in [-0.15, -0.1) is 10.2 Å². The average Bonchev–Trinajstić information content (AvgIpc) is 3.06. The number of hydrogen-bond donors (Lipinski definition) is 1. The van der Waals surface area contributed by atoms with Gasteiger partial charge in [-0.3, -0.25) is 0 Å². The van der Waals surface area contributed by atoms with Crippen molar-refractivity contribution in [1.82, 2.24) is 15.2 Å². The molecule has 0 aliphatic carbocycles. The summed E-state index contributed by atoms with van der Waals surface area (Å²) in [6, 6.07) is 18.0. The van der Waals surface area contributed by atoms with E-state index >= 15 is 0 Å². The third kappa shape index (κ3) is 3.66. The van der Waals surface area contributed by atoms with Crippen LogP contribution < -0.4 is 9.47 Å². The third-order valence-corrected chi connectivity index (χ3v) is 4.99. The summed E-state index contributed by atoms with van der Waals surface area (Å²) in [6.45, 7) is 2.44. The molecule has 0 aliphatic rings. The molecule has 0 saturated carbocycles. The van der Waals surface area contributed by atoms with Gasteiger partial charge < -0.3 is 14.5 Å². The highest BCUT2D eigenvalue weighted by Crippen LogP contribution is 2.34. The molecule has 142 valence electrons. The van der Waals surface area contributed by atoms with Crippen molar-refractivity contribution in [2.75, 3.05) is 7.11 Å². The van der Waals surface area contributed by atoms with Gasteiger partial charge >= 0.3 is 0 Å². The maximum Gasteiger partial charge on any atom is 0.258 e. The van der Waals surface area contributed by atoms with Gasteiger partial charge in [0.25, 0.3) is 5.88 Å². The maximum atomic E-state index is 6.41. The largest absolute Gasteiger partial charge is 0.497 e. The van der Waals surface area contributed by atoms with Crippen molar-refractivity contribution >= 4 is 22.5 Å². The summed E-state index contributed by atoms with van der Waals surface area (Å²) in [5.74, 6) is 1.28. The van der Waals surface area contributed by atoms with Crippen molar-refractivity contribution in [3.8, 4) is 11.6 Å². The molecular weight excluding hydrogens is 374 g/mol. The first-order valence-corrected chi connectivity index (χ1v) is 9.36. The van der Waals surface area contributed by atoms with E-state index in [-0.39, 0.29) is 0 Å².